The van der Waals surface area contributed by atoms with Crippen LogP contribution in [0.2, 0.25) is 0 Å². The zero-order valence-corrected chi connectivity index (χ0v) is 14.2. The Morgan fingerprint density at radius 2 is 1.96 bits per heavy atom. The van der Waals surface area contributed by atoms with E-state index in [-0.39, 0.29) is 23.5 Å². The molecule has 1 fully saturated rings. The van der Waals surface area contributed by atoms with Crippen molar-refractivity contribution < 1.29 is 13.2 Å². The highest BCUT2D eigenvalue weighted by atomic mass is 32.2. The number of anilines is 2. The Morgan fingerprint density at radius 3 is 2.54 bits per heavy atom. The number of hydrogen-bond acceptors (Lipinski definition) is 5. The zero-order valence-electron chi connectivity index (χ0n) is 13.3. The molecule has 1 amide bonds. The third-order valence-electron chi connectivity index (χ3n) is 4.16. The van der Waals surface area contributed by atoms with E-state index in [2.05, 4.69) is 10.3 Å². The van der Waals surface area contributed by atoms with Gasteiger partial charge in [0.25, 0.3) is 5.91 Å². The fourth-order valence-electron chi connectivity index (χ4n) is 2.73. The van der Waals surface area contributed by atoms with Crippen LogP contribution in [0.3, 0.4) is 0 Å². The molecule has 0 spiro atoms. The van der Waals surface area contributed by atoms with Crippen molar-refractivity contribution in [1.82, 2.24) is 4.98 Å². The Kier molecular flexibility index (Phi) is 4.53. The Balaban J connectivity index is 1.66. The molecule has 1 aliphatic heterocycles. The van der Waals surface area contributed by atoms with Crippen molar-refractivity contribution in [2.24, 2.45) is 0 Å². The van der Waals surface area contributed by atoms with Crippen LogP contribution in [-0.4, -0.2) is 43.9 Å². The molecule has 24 heavy (non-hydrogen) atoms. The third kappa shape index (κ3) is 3.73. The van der Waals surface area contributed by atoms with Crippen molar-refractivity contribution in [3.8, 4) is 0 Å². The maximum absolute atomic E-state index is 12.1. The molecule has 0 saturated carbocycles. The summed E-state index contributed by atoms with van der Waals surface area (Å²) >= 11 is 0. The van der Waals surface area contributed by atoms with Crippen LogP contribution in [0, 0.1) is 0 Å². The lowest BCUT2D eigenvalue weighted by atomic mass is 10.2. The topological polar surface area (TPSA) is 79.4 Å². The molecule has 1 aromatic heterocycles. The molecule has 126 valence electrons. The van der Waals surface area contributed by atoms with Gasteiger partial charge in [-0.2, -0.15) is 0 Å². The van der Waals surface area contributed by atoms with Gasteiger partial charge < -0.3 is 10.2 Å². The molecular weight excluding hydrogens is 326 g/mol. The molecule has 7 heteroatoms. The molecule has 0 aliphatic carbocycles. The number of sulfone groups is 1. The van der Waals surface area contributed by atoms with Crippen molar-refractivity contribution in [2.45, 2.75) is 12.5 Å². The van der Waals surface area contributed by atoms with Gasteiger partial charge in [-0.05, 0) is 30.7 Å². The molecule has 1 atom stereocenters. The van der Waals surface area contributed by atoms with Gasteiger partial charge in [-0.15, -0.1) is 0 Å². The van der Waals surface area contributed by atoms with Crippen LogP contribution in [0.1, 0.15) is 16.8 Å². The van der Waals surface area contributed by atoms with E-state index in [0.717, 1.165) is 0 Å². The SMILES string of the molecule is CN(c1ccc(NC(=O)c2ccccc2)cn1)C1CCS(=O)(=O)C1. The summed E-state index contributed by atoms with van der Waals surface area (Å²) in [5.41, 5.74) is 1.18. The van der Waals surface area contributed by atoms with Gasteiger partial charge in [0.1, 0.15) is 5.82 Å². The maximum atomic E-state index is 12.1. The van der Waals surface area contributed by atoms with Gasteiger partial charge in [0.2, 0.25) is 0 Å². The van der Waals surface area contributed by atoms with Gasteiger partial charge in [0, 0.05) is 18.7 Å². The monoisotopic (exact) mass is 345 g/mol. The standard InChI is InChI=1S/C17H19N3O3S/c1-20(15-9-10-24(22,23)12-15)16-8-7-14(11-18-16)19-17(21)13-5-3-2-4-6-13/h2-8,11,15H,9-10,12H2,1H3,(H,19,21). The van der Waals surface area contributed by atoms with E-state index in [0.29, 0.717) is 23.5 Å². The number of amides is 1. The molecule has 0 bridgehead atoms. The number of benzene rings is 1. The fourth-order valence-corrected chi connectivity index (χ4v) is 4.50. The van der Waals surface area contributed by atoms with Gasteiger partial charge in [0.15, 0.2) is 9.84 Å². The predicted molar refractivity (Wildman–Crippen MR) is 94.1 cm³/mol. The van der Waals surface area contributed by atoms with E-state index < -0.39 is 9.84 Å². The summed E-state index contributed by atoms with van der Waals surface area (Å²) < 4.78 is 23.2. The van der Waals surface area contributed by atoms with Crippen molar-refractivity contribution >= 4 is 27.2 Å². The number of rotatable bonds is 4. The first-order valence-electron chi connectivity index (χ1n) is 7.70. The lowest BCUT2D eigenvalue weighted by molar-refractivity contribution is 0.102. The van der Waals surface area contributed by atoms with Crippen LogP contribution >= 0.6 is 0 Å². The summed E-state index contributed by atoms with van der Waals surface area (Å²) in [6.07, 6.45) is 2.20. The molecule has 1 aromatic carbocycles. The first-order valence-corrected chi connectivity index (χ1v) is 9.52. The summed E-state index contributed by atoms with van der Waals surface area (Å²) in [7, 11) is -1.09. The normalized spacial score (nSPS) is 19.0. The minimum Gasteiger partial charge on any atom is -0.356 e. The molecule has 6 nitrogen and oxygen atoms in total. The van der Waals surface area contributed by atoms with E-state index in [1.165, 1.54) is 0 Å². The second-order valence-electron chi connectivity index (χ2n) is 5.89. The van der Waals surface area contributed by atoms with Gasteiger partial charge in [0.05, 0.1) is 23.4 Å². The molecular formula is C17H19N3O3S. The third-order valence-corrected chi connectivity index (χ3v) is 5.91. The number of carbonyl (C=O) groups is 1. The summed E-state index contributed by atoms with van der Waals surface area (Å²) in [6.45, 7) is 0. The van der Waals surface area contributed by atoms with Crippen LogP contribution in [0.25, 0.3) is 0 Å². The molecule has 1 saturated heterocycles. The molecule has 0 radical (unpaired) electrons. The Hall–Kier alpha value is -2.41. The average Bonchev–Trinajstić information content (AvgIpc) is 2.95. The highest BCUT2D eigenvalue weighted by Crippen LogP contribution is 2.22. The molecule has 1 N–H and O–H groups in total. The van der Waals surface area contributed by atoms with Crippen LogP contribution < -0.4 is 10.2 Å². The van der Waals surface area contributed by atoms with E-state index in [4.69, 9.17) is 0 Å². The van der Waals surface area contributed by atoms with Crippen LogP contribution in [0.4, 0.5) is 11.5 Å². The minimum absolute atomic E-state index is 0.0488. The summed E-state index contributed by atoms with van der Waals surface area (Å²) in [6, 6.07) is 12.5. The quantitative estimate of drug-likeness (QED) is 0.916. The first kappa shape index (κ1) is 16.4. The molecule has 2 heterocycles. The van der Waals surface area contributed by atoms with Gasteiger partial charge in [-0.25, -0.2) is 13.4 Å². The number of nitrogens with zero attached hydrogens (tertiary/aromatic N) is 2. The Labute approximate surface area is 141 Å². The number of aromatic nitrogens is 1. The van der Waals surface area contributed by atoms with Crippen molar-refractivity contribution in [2.75, 3.05) is 28.8 Å². The first-order chi connectivity index (χ1) is 11.4. The van der Waals surface area contributed by atoms with Crippen molar-refractivity contribution in [3.63, 3.8) is 0 Å². The second-order valence-corrected chi connectivity index (χ2v) is 8.12. The molecule has 2 aromatic rings. The predicted octanol–water partition coefficient (Wildman–Crippen LogP) is 1.96. The van der Waals surface area contributed by atoms with Crippen molar-refractivity contribution in [3.05, 3.63) is 54.2 Å². The van der Waals surface area contributed by atoms with Gasteiger partial charge in [-0.3, -0.25) is 4.79 Å². The summed E-state index contributed by atoms with van der Waals surface area (Å²) in [5, 5.41) is 2.79. The molecule has 1 aliphatic rings. The van der Waals surface area contributed by atoms with E-state index in [1.807, 2.05) is 18.0 Å². The van der Waals surface area contributed by atoms with E-state index in [1.54, 1.807) is 42.6 Å². The lowest BCUT2D eigenvalue weighted by Crippen LogP contribution is -2.33. The highest BCUT2D eigenvalue weighted by molar-refractivity contribution is 7.91. The number of pyridine rings is 1. The Bertz CT molecular complexity index is 820. The summed E-state index contributed by atoms with van der Waals surface area (Å²) in [5.74, 6) is 0.889. The fraction of sp³-hybridized carbons (Fsp3) is 0.294. The van der Waals surface area contributed by atoms with Crippen LogP contribution in [0.5, 0.6) is 0 Å². The van der Waals surface area contributed by atoms with Crippen LogP contribution in [0.15, 0.2) is 48.7 Å². The largest absolute Gasteiger partial charge is 0.356 e. The highest BCUT2D eigenvalue weighted by Gasteiger charge is 2.31. The lowest BCUT2D eigenvalue weighted by Gasteiger charge is -2.24. The average molecular weight is 345 g/mol. The minimum atomic E-state index is -2.93. The molecule has 1 unspecified atom stereocenters. The van der Waals surface area contributed by atoms with Crippen LogP contribution in [-0.2, 0) is 9.84 Å². The number of carbonyl (C=O) groups excluding carboxylic acids is 1. The van der Waals surface area contributed by atoms with Crippen molar-refractivity contribution in [1.29, 1.82) is 0 Å². The smallest absolute Gasteiger partial charge is 0.255 e. The zero-order chi connectivity index (χ0) is 17.2. The Morgan fingerprint density at radius 1 is 1.21 bits per heavy atom. The van der Waals surface area contributed by atoms with Gasteiger partial charge in [-0.1, -0.05) is 18.2 Å². The van der Waals surface area contributed by atoms with E-state index >= 15 is 0 Å². The number of nitrogens with one attached hydrogen (secondary N) is 1. The van der Waals surface area contributed by atoms with Gasteiger partial charge >= 0.3 is 0 Å². The van der Waals surface area contributed by atoms with E-state index in [9.17, 15) is 13.2 Å². The second kappa shape index (κ2) is 6.60. The number of hydrogen-bond donors (Lipinski definition) is 1. The summed E-state index contributed by atoms with van der Waals surface area (Å²) in [4.78, 5) is 18.3. The maximum Gasteiger partial charge on any atom is 0.255 e. The molecule has 3 rings (SSSR count).